The molecule has 1 rings (SSSR count). The normalized spacial score (nSPS) is 11.6. The molecule has 0 spiro atoms. The van der Waals surface area contributed by atoms with E-state index >= 15 is 0 Å². The quantitative estimate of drug-likeness (QED) is 0.486. The molecule has 0 atom stereocenters. The summed E-state index contributed by atoms with van der Waals surface area (Å²) in [5.41, 5.74) is -0.429. The van der Waals surface area contributed by atoms with E-state index in [1.807, 2.05) is 20.8 Å². The highest BCUT2D eigenvalue weighted by molar-refractivity contribution is 7.99. The standard InChI is InChI=1S/C12H18N2O4S/c1-7-8(10(15)16)9(14-11(17)13-7)19-6-5-18-12(2,3)4/h5-6H2,1-4H3,(H,15,16)(H,13,14,17). The number of rotatable bonds is 5. The van der Waals surface area contributed by atoms with Gasteiger partial charge in [-0.15, -0.1) is 11.8 Å². The Hall–Kier alpha value is -1.34. The zero-order valence-corrected chi connectivity index (χ0v) is 12.3. The summed E-state index contributed by atoms with van der Waals surface area (Å²) in [6.07, 6.45) is 0. The molecule has 0 aliphatic heterocycles. The summed E-state index contributed by atoms with van der Waals surface area (Å²) in [7, 11) is 0. The van der Waals surface area contributed by atoms with Gasteiger partial charge < -0.3 is 14.8 Å². The number of carboxylic acids is 1. The van der Waals surface area contributed by atoms with Crippen molar-refractivity contribution in [1.29, 1.82) is 0 Å². The Labute approximate surface area is 115 Å². The first-order chi connectivity index (χ1) is 8.70. The summed E-state index contributed by atoms with van der Waals surface area (Å²) >= 11 is 1.21. The second-order valence-corrected chi connectivity index (χ2v) is 6.05. The van der Waals surface area contributed by atoms with Crippen LogP contribution in [0.25, 0.3) is 0 Å². The predicted molar refractivity (Wildman–Crippen MR) is 73.0 cm³/mol. The van der Waals surface area contributed by atoms with Crippen LogP contribution in [0.15, 0.2) is 9.82 Å². The molecule has 1 aromatic rings. The van der Waals surface area contributed by atoms with Gasteiger partial charge in [-0.2, -0.15) is 4.98 Å². The van der Waals surface area contributed by atoms with Crippen molar-refractivity contribution in [2.45, 2.75) is 38.3 Å². The number of thioether (sulfide) groups is 1. The SMILES string of the molecule is Cc1[nH]c(=O)nc(SCCOC(C)(C)C)c1C(=O)O. The van der Waals surface area contributed by atoms with Crippen molar-refractivity contribution in [3.8, 4) is 0 Å². The van der Waals surface area contributed by atoms with Crippen molar-refractivity contribution in [1.82, 2.24) is 9.97 Å². The number of aryl methyl sites for hydroxylation is 1. The third-order valence-electron chi connectivity index (χ3n) is 2.16. The van der Waals surface area contributed by atoms with Gasteiger partial charge in [0, 0.05) is 11.4 Å². The number of aromatic carboxylic acids is 1. The van der Waals surface area contributed by atoms with Crippen molar-refractivity contribution >= 4 is 17.7 Å². The summed E-state index contributed by atoms with van der Waals surface area (Å²) in [5, 5.41) is 9.34. The summed E-state index contributed by atoms with van der Waals surface area (Å²) in [6.45, 7) is 7.82. The molecular weight excluding hydrogens is 268 g/mol. The molecule has 0 aromatic carbocycles. The lowest BCUT2D eigenvalue weighted by atomic mass is 10.2. The van der Waals surface area contributed by atoms with E-state index in [0.717, 1.165) is 0 Å². The largest absolute Gasteiger partial charge is 0.478 e. The molecule has 19 heavy (non-hydrogen) atoms. The van der Waals surface area contributed by atoms with Gasteiger partial charge in [-0.05, 0) is 27.7 Å². The van der Waals surface area contributed by atoms with Gasteiger partial charge in [0.25, 0.3) is 0 Å². The zero-order chi connectivity index (χ0) is 14.6. The van der Waals surface area contributed by atoms with Crippen LogP contribution in [-0.2, 0) is 4.74 Å². The van der Waals surface area contributed by atoms with Crippen molar-refractivity contribution in [3.63, 3.8) is 0 Å². The fourth-order valence-electron chi connectivity index (χ4n) is 1.40. The second kappa shape index (κ2) is 6.21. The molecule has 1 heterocycles. The number of aromatic nitrogens is 2. The van der Waals surface area contributed by atoms with E-state index in [4.69, 9.17) is 9.84 Å². The van der Waals surface area contributed by atoms with Crippen LogP contribution in [0, 0.1) is 6.92 Å². The number of aromatic amines is 1. The highest BCUT2D eigenvalue weighted by Crippen LogP contribution is 2.21. The molecule has 0 aliphatic carbocycles. The molecule has 0 unspecified atom stereocenters. The number of ether oxygens (including phenoxy) is 1. The number of nitrogens with one attached hydrogen (secondary N) is 1. The van der Waals surface area contributed by atoms with E-state index in [1.54, 1.807) is 6.92 Å². The monoisotopic (exact) mass is 286 g/mol. The zero-order valence-electron chi connectivity index (χ0n) is 11.4. The van der Waals surface area contributed by atoms with E-state index in [9.17, 15) is 9.59 Å². The first-order valence-corrected chi connectivity index (χ1v) is 6.80. The number of carbonyl (C=O) groups is 1. The lowest BCUT2D eigenvalue weighted by Crippen LogP contribution is -2.21. The van der Waals surface area contributed by atoms with Gasteiger partial charge in [-0.3, -0.25) is 0 Å². The first kappa shape index (κ1) is 15.7. The minimum atomic E-state index is -1.10. The molecule has 0 amide bonds. The Balaban J connectivity index is 2.78. The van der Waals surface area contributed by atoms with Crippen LogP contribution >= 0.6 is 11.8 Å². The smallest absolute Gasteiger partial charge is 0.346 e. The predicted octanol–water partition coefficient (Wildman–Crippen LogP) is 1.68. The van der Waals surface area contributed by atoms with Crippen molar-refractivity contribution in [3.05, 3.63) is 21.7 Å². The number of H-pyrrole nitrogens is 1. The molecule has 0 saturated carbocycles. The fraction of sp³-hybridized carbons (Fsp3) is 0.583. The van der Waals surface area contributed by atoms with Crippen molar-refractivity contribution < 1.29 is 14.6 Å². The summed E-state index contributed by atoms with van der Waals surface area (Å²) in [4.78, 5) is 28.5. The number of carboxylic acid groups (broad SMARTS) is 1. The molecule has 0 radical (unpaired) electrons. The molecule has 106 valence electrons. The topological polar surface area (TPSA) is 92.3 Å². The molecule has 0 saturated heterocycles. The summed E-state index contributed by atoms with van der Waals surface area (Å²) < 4.78 is 5.53. The van der Waals surface area contributed by atoms with Gasteiger partial charge >= 0.3 is 11.7 Å². The summed E-state index contributed by atoms with van der Waals surface area (Å²) in [5.74, 6) is -0.562. The van der Waals surface area contributed by atoms with Gasteiger partial charge in [-0.25, -0.2) is 9.59 Å². The van der Waals surface area contributed by atoms with Crippen LogP contribution in [0.1, 0.15) is 36.8 Å². The summed E-state index contributed by atoms with van der Waals surface area (Å²) in [6, 6.07) is 0. The van der Waals surface area contributed by atoms with E-state index in [0.29, 0.717) is 18.1 Å². The maximum Gasteiger partial charge on any atom is 0.346 e. The third-order valence-corrected chi connectivity index (χ3v) is 3.10. The Kier molecular flexibility index (Phi) is 5.13. The lowest BCUT2D eigenvalue weighted by Gasteiger charge is -2.19. The van der Waals surface area contributed by atoms with Crippen LogP contribution < -0.4 is 5.69 Å². The molecule has 0 fully saturated rings. The van der Waals surface area contributed by atoms with E-state index in [2.05, 4.69) is 9.97 Å². The average Bonchev–Trinajstić information content (AvgIpc) is 2.21. The minimum Gasteiger partial charge on any atom is -0.478 e. The number of nitrogens with zero attached hydrogens (tertiary/aromatic N) is 1. The maximum absolute atomic E-state index is 11.3. The molecule has 7 heteroatoms. The minimum absolute atomic E-state index is 0.0420. The lowest BCUT2D eigenvalue weighted by molar-refractivity contribution is 0.00692. The van der Waals surface area contributed by atoms with Gasteiger partial charge in [0.1, 0.15) is 10.6 Å². The molecule has 0 aliphatic rings. The molecule has 0 bridgehead atoms. The van der Waals surface area contributed by atoms with Crippen molar-refractivity contribution in [2.24, 2.45) is 0 Å². The molecule has 2 N–H and O–H groups in total. The molecular formula is C12H18N2O4S. The van der Waals surface area contributed by atoms with Gasteiger partial charge in [0.2, 0.25) is 0 Å². The van der Waals surface area contributed by atoms with Crippen LogP contribution in [0.2, 0.25) is 0 Å². The maximum atomic E-state index is 11.3. The first-order valence-electron chi connectivity index (χ1n) is 5.81. The Morgan fingerprint density at radius 2 is 2.11 bits per heavy atom. The Morgan fingerprint density at radius 3 is 2.63 bits per heavy atom. The Bertz CT molecular complexity index is 519. The second-order valence-electron chi connectivity index (χ2n) is 4.96. The Morgan fingerprint density at radius 1 is 1.47 bits per heavy atom. The highest BCUT2D eigenvalue weighted by atomic mass is 32.2. The van der Waals surface area contributed by atoms with Crippen LogP contribution in [0.3, 0.4) is 0 Å². The molecule has 1 aromatic heterocycles. The van der Waals surface area contributed by atoms with Gasteiger partial charge in [0.15, 0.2) is 0 Å². The van der Waals surface area contributed by atoms with Gasteiger partial charge in [0.05, 0.1) is 12.2 Å². The van der Waals surface area contributed by atoms with Crippen molar-refractivity contribution in [2.75, 3.05) is 12.4 Å². The third kappa shape index (κ3) is 5.04. The van der Waals surface area contributed by atoms with Crippen LogP contribution in [0.5, 0.6) is 0 Å². The molecule has 6 nitrogen and oxygen atoms in total. The van der Waals surface area contributed by atoms with E-state index < -0.39 is 11.7 Å². The number of hydrogen-bond donors (Lipinski definition) is 2. The van der Waals surface area contributed by atoms with E-state index in [-0.39, 0.29) is 16.2 Å². The number of hydrogen-bond acceptors (Lipinski definition) is 5. The highest BCUT2D eigenvalue weighted by Gasteiger charge is 2.17. The van der Waals surface area contributed by atoms with Gasteiger partial charge in [-0.1, -0.05) is 0 Å². The van der Waals surface area contributed by atoms with E-state index in [1.165, 1.54) is 11.8 Å². The van der Waals surface area contributed by atoms with Crippen LogP contribution in [-0.4, -0.2) is 39.0 Å². The average molecular weight is 286 g/mol. The van der Waals surface area contributed by atoms with Crippen LogP contribution in [0.4, 0.5) is 0 Å². The fourth-order valence-corrected chi connectivity index (χ4v) is 2.29.